The molecule has 3 aromatic carbocycles. The molecule has 1 heterocycles. The molecule has 4 aromatic rings. The number of non-ortho nitro benzene ring substituents is 1. The monoisotopic (exact) mass is 492 g/mol. The Morgan fingerprint density at radius 3 is 2.43 bits per heavy atom. The molecule has 178 valence electrons. The van der Waals surface area contributed by atoms with Crippen LogP contribution in [0.2, 0.25) is 0 Å². The fourth-order valence-electron chi connectivity index (χ4n) is 3.51. The second-order valence-corrected chi connectivity index (χ2v) is 8.62. The van der Waals surface area contributed by atoms with E-state index in [1.54, 1.807) is 0 Å². The zero-order valence-corrected chi connectivity index (χ0v) is 19.3. The minimum atomic E-state index is -0.495. The van der Waals surface area contributed by atoms with Gasteiger partial charge in [-0.15, -0.1) is 11.8 Å². The van der Waals surface area contributed by atoms with E-state index in [9.17, 15) is 24.1 Å². The maximum Gasteiger partial charge on any atom is 0.269 e. The van der Waals surface area contributed by atoms with Crippen molar-refractivity contribution in [2.24, 2.45) is 0 Å². The lowest BCUT2D eigenvalue weighted by atomic mass is 10.2. The normalized spacial score (nSPS) is 10.8. The van der Waals surface area contributed by atoms with Crippen molar-refractivity contribution >= 4 is 45.9 Å². The molecule has 1 aromatic heterocycles. The van der Waals surface area contributed by atoms with E-state index in [1.165, 1.54) is 60.3 Å². The zero-order chi connectivity index (χ0) is 24.8. The summed E-state index contributed by atoms with van der Waals surface area (Å²) >= 11 is 1.38. The highest BCUT2D eigenvalue weighted by atomic mass is 32.2. The number of aromatic nitrogens is 1. The lowest BCUT2D eigenvalue weighted by molar-refractivity contribution is -0.384. The number of nitrogens with zero attached hydrogens (tertiary/aromatic N) is 2. The highest BCUT2D eigenvalue weighted by molar-refractivity contribution is 8.00. The van der Waals surface area contributed by atoms with Gasteiger partial charge in [-0.05, 0) is 42.5 Å². The average Bonchev–Trinajstić information content (AvgIpc) is 3.21. The average molecular weight is 493 g/mol. The summed E-state index contributed by atoms with van der Waals surface area (Å²) in [5.41, 5.74) is 1.81. The number of hydrogen-bond donors (Lipinski definition) is 2. The van der Waals surface area contributed by atoms with Crippen LogP contribution in [-0.4, -0.2) is 33.6 Å². The Kier molecular flexibility index (Phi) is 7.41. The number of nitrogens with one attached hydrogen (secondary N) is 2. The minimum absolute atomic E-state index is 0.0426. The zero-order valence-electron chi connectivity index (χ0n) is 18.4. The van der Waals surface area contributed by atoms with Gasteiger partial charge in [-0.1, -0.05) is 18.2 Å². The van der Waals surface area contributed by atoms with E-state index in [-0.39, 0.29) is 23.3 Å². The Balaban J connectivity index is 1.36. The van der Waals surface area contributed by atoms with Crippen molar-refractivity contribution < 1.29 is 18.9 Å². The number of para-hydroxylation sites is 1. The Hall–Kier alpha value is -4.18. The number of anilines is 1. The summed E-state index contributed by atoms with van der Waals surface area (Å²) in [4.78, 5) is 35.9. The molecule has 0 saturated heterocycles. The lowest BCUT2D eigenvalue weighted by Gasteiger charge is -2.07. The molecule has 0 saturated carbocycles. The first-order valence-electron chi connectivity index (χ1n) is 10.7. The van der Waals surface area contributed by atoms with E-state index in [2.05, 4.69) is 10.6 Å². The summed E-state index contributed by atoms with van der Waals surface area (Å²) in [5, 5.41) is 17.3. The van der Waals surface area contributed by atoms with Gasteiger partial charge in [0.15, 0.2) is 0 Å². The molecule has 8 nitrogen and oxygen atoms in total. The molecule has 2 N–H and O–H groups in total. The number of rotatable bonds is 9. The van der Waals surface area contributed by atoms with Gasteiger partial charge in [0.1, 0.15) is 5.82 Å². The second-order valence-electron chi connectivity index (χ2n) is 7.61. The van der Waals surface area contributed by atoms with Crippen molar-refractivity contribution in [1.82, 2.24) is 9.88 Å². The molecule has 2 amide bonds. The Morgan fingerprint density at radius 2 is 1.71 bits per heavy atom. The topological polar surface area (TPSA) is 106 Å². The van der Waals surface area contributed by atoms with Crippen LogP contribution >= 0.6 is 11.8 Å². The molecule has 0 radical (unpaired) electrons. The first-order chi connectivity index (χ1) is 16.9. The number of amides is 2. The smallest absolute Gasteiger partial charge is 0.269 e. The molecular weight excluding hydrogens is 471 g/mol. The molecule has 4 rings (SSSR count). The van der Waals surface area contributed by atoms with Crippen LogP contribution in [0.3, 0.4) is 0 Å². The fourth-order valence-corrected chi connectivity index (χ4v) is 4.40. The second kappa shape index (κ2) is 10.8. The Bertz CT molecular complexity index is 1370. The van der Waals surface area contributed by atoms with Crippen LogP contribution in [-0.2, 0) is 11.3 Å². The van der Waals surface area contributed by atoms with Gasteiger partial charge in [-0.2, -0.15) is 0 Å². The predicted molar refractivity (Wildman–Crippen MR) is 133 cm³/mol. The fraction of sp³-hybridized carbons (Fsp3) is 0.120. The number of carbonyl (C=O) groups excluding carboxylic acids is 2. The third-order valence-corrected chi connectivity index (χ3v) is 6.26. The summed E-state index contributed by atoms with van der Waals surface area (Å²) in [6.07, 6.45) is 1.94. The molecule has 35 heavy (non-hydrogen) atoms. The maximum absolute atomic E-state index is 13.1. The third kappa shape index (κ3) is 6.04. The molecule has 0 atom stereocenters. The van der Waals surface area contributed by atoms with Gasteiger partial charge >= 0.3 is 0 Å². The first-order valence-corrected chi connectivity index (χ1v) is 11.7. The number of fused-ring (bicyclic) bond motifs is 1. The first kappa shape index (κ1) is 24.0. The molecule has 0 unspecified atom stereocenters. The summed E-state index contributed by atoms with van der Waals surface area (Å²) in [7, 11) is 0. The molecule has 0 bridgehead atoms. The maximum atomic E-state index is 13.1. The van der Waals surface area contributed by atoms with E-state index in [0.717, 1.165) is 15.8 Å². The van der Waals surface area contributed by atoms with E-state index >= 15 is 0 Å². The summed E-state index contributed by atoms with van der Waals surface area (Å²) < 4.78 is 15.1. The van der Waals surface area contributed by atoms with Gasteiger partial charge in [0.05, 0.1) is 10.7 Å². The van der Waals surface area contributed by atoms with Crippen LogP contribution in [0, 0.1) is 15.9 Å². The van der Waals surface area contributed by atoms with Gasteiger partial charge in [-0.3, -0.25) is 19.7 Å². The summed E-state index contributed by atoms with van der Waals surface area (Å²) in [6, 6.07) is 18.8. The van der Waals surface area contributed by atoms with Crippen LogP contribution in [0.15, 0.2) is 83.9 Å². The highest BCUT2D eigenvalue weighted by Gasteiger charge is 2.12. The van der Waals surface area contributed by atoms with E-state index < -0.39 is 10.7 Å². The summed E-state index contributed by atoms with van der Waals surface area (Å²) in [6.45, 7) is 0.891. The minimum Gasteiger partial charge on any atom is -0.350 e. The molecule has 0 spiro atoms. The van der Waals surface area contributed by atoms with Crippen molar-refractivity contribution in [3.8, 4) is 0 Å². The Morgan fingerprint density at radius 1 is 1.00 bits per heavy atom. The molecule has 0 aliphatic heterocycles. The number of halogens is 1. The van der Waals surface area contributed by atoms with Crippen molar-refractivity contribution in [2.75, 3.05) is 17.6 Å². The van der Waals surface area contributed by atoms with Crippen molar-refractivity contribution in [3.05, 3.63) is 100 Å². The van der Waals surface area contributed by atoms with Crippen molar-refractivity contribution in [2.45, 2.75) is 11.4 Å². The standard InChI is InChI=1S/C25H21FN4O4S/c26-18-7-5-17(6-8-18)25(32)27-13-14-29-15-23(21-3-1-2-4-22(21)29)35-16-24(31)28-19-9-11-20(12-10-19)30(33)34/h1-12,15H,13-14,16H2,(H,27,32)(H,28,31). The largest absolute Gasteiger partial charge is 0.350 e. The van der Waals surface area contributed by atoms with Gasteiger partial charge in [0, 0.05) is 58.5 Å². The molecule has 0 fully saturated rings. The number of nitro groups is 1. The van der Waals surface area contributed by atoms with E-state index in [4.69, 9.17) is 0 Å². The van der Waals surface area contributed by atoms with Crippen molar-refractivity contribution in [1.29, 1.82) is 0 Å². The van der Waals surface area contributed by atoms with Crippen LogP contribution in [0.5, 0.6) is 0 Å². The Labute approximate surface area is 204 Å². The SMILES string of the molecule is O=C(CSc1cn(CCNC(=O)c2ccc(F)cc2)c2ccccc12)Nc1ccc([N+](=O)[O-])cc1. The van der Waals surface area contributed by atoms with Crippen LogP contribution in [0.25, 0.3) is 10.9 Å². The van der Waals surface area contributed by atoms with Gasteiger partial charge in [0.25, 0.3) is 11.6 Å². The number of thioether (sulfide) groups is 1. The number of carbonyl (C=O) groups is 2. The highest BCUT2D eigenvalue weighted by Crippen LogP contribution is 2.30. The number of nitro benzene ring substituents is 1. The lowest BCUT2D eigenvalue weighted by Crippen LogP contribution is -2.27. The third-order valence-electron chi connectivity index (χ3n) is 5.22. The number of benzene rings is 3. The van der Waals surface area contributed by atoms with Crippen LogP contribution in [0.1, 0.15) is 10.4 Å². The van der Waals surface area contributed by atoms with E-state index in [0.29, 0.717) is 24.3 Å². The van der Waals surface area contributed by atoms with Gasteiger partial charge in [0.2, 0.25) is 5.91 Å². The molecule has 0 aliphatic rings. The van der Waals surface area contributed by atoms with Gasteiger partial charge < -0.3 is 15.2 Å². The van der Waals surface area contributed by atoms with Gasteiger partial charge in [-0.25, -0.2) is 4.39 Å². The van der Waals surface area contributed by atoms with Crippen LogP contribution in [0.4, 0.5) is 15.8 Å². The van der Waals surface area contributed by atoms with Crippen molar-refractivity contribution in [3.63, 3.8) is 0 Å². The predicted octanol–water partition coefficient (Wildman–Crippen LogP) is 4.85. The summed E-state index contributed by atoms with van der Waals surface area (Å²) in [5.74, 6) is -0.746. The number of hydrogen-bond acceptors (Lipinski definition) is 5. The van der Waals surface area contributed by atoms with E-state index in [1.807, 2.05) is 35.0 Å². The molecular formula is C25H21FN4O4S. The quantitative estimate of drug-likeness (QED) is 0.197. The molecule has 0 aliphatic carbocycles. The molecule has 10 heteroatoms. The van der Waals surface area contributed by atoms with Crippen LogP contribution < -0.4 is 10.6 Å².